The van der Waals surface area contributed by atoms with Gasteiger partial charge in [-0.2, -0.15) is 0 Å². The molecule has 4 rings (SSSR count). The highest BCUT2D eigenvalue weighted by Gasteiger charge is 2.16. The first-order valence-corrected chi connectivity index (χ1v) is 9.70. The number of amides is 2. The smallest absolute Gasteiger partial charge is 0.272 e. The highest BCUT2D eigenvalue weighted by molar-refractivity contribution is 7.18. The van der Waals surface area contributed by atoms with E-state index in [0.29, 0.717) is 17.0 Å². The molecule has 2 aromatic carbocycles. The standard InChI is InChI=1S/C22H17N3O3S/c1-14-23-18-10-9-16(12-20(18)29-14)24-22(27)19(13-17-8-5-11-28-17)25-21(26)15-6-3-2-4-7-15/h2-13H,1H3,(H,24,27)(H,25,26)/b19-13-. The van der Waals surface area contributed by atoms with Gasteiger partial charge in [-0.3, -0.25) is 9.59 Å². The number of benzene rings is 2. The van der Waals surface area contributed by atoms with Gasteiger partial charge in [-0.05, 0) is 49.4 Å². The van der Waals surface area contributed by atoms with E-state index in [0.717, 1.165) is 15.2 Å². The van der Waals surface area contributed by atoms with Gasteiger partial charge in [-0.25, -0.2) is 4.98 Å². The van der Waals surface area contributed by atoms with Gasteiger partial charge < -0.3 is 15.1 Å². The molecule has 0 fully saturated rings. The van der Waals surface area contributed by atoms with Crippen molar-refractivity contribution in [2.24, 2.45) is 0 Å². The van der Waals surface area contributed by atoms with Crippen LogP contribution >= 0.6 is 11.3 Å². The van der Waals surface area contributed by atoms with Crippen LogP contribution in [0.1, 0.15) is 21.1 Å². The summed E-state index contributed by atoms with van der Waals surface area (Å²) < 4.78 is 6.27. The molecule has 0 aliphatic carbocycles. The number of hydrogen-bond donors (Lipinski definition) is 2. The lowest BCUT2D eigenvalue weighted by Gasteiger charge is -2.11. The maximum Gasteiger partial charge on any atom is 0.272 e. The highest BCUT2D eigenvalue weighted by atomic mass is 32.1. The van der Waals surface area contributed by atoms with E-state index in [2.05, 4.69) is 15.6 Å². The van der Waals surface area contributed by atoms with Gasteiger partial charge in [0, 0.05) is 17.3 Å². The van der Waals surface area contributed by atoms with E-state index < -0.39 is 5.91 Å². The zero-order valence-electron chi connectivity index (χ0n) is 15.5. The van der Waals surface area contributed by atoms with Crippen LogP contribution in [0.2, 0.25) is 0 Å². The predicted molar refractivity (Wildman–Crippen MR) is 114 cm³/mol. The molecule has 0 saturated heterocycles. The fourth-order valence-corrected chi connectivity index (χ4v) is 3.64. The van der Waals surface area contributed by atoms with E-state index in [4.69, 9.17) is 4.42 Å². The van der Waals surface area contributed by atoms with Gasteiger partial charge >= 0.3 is 0 Å². The molecule has 0 saturated carbocycles. The summed E-state index contributed by atoms with van der Waals surface area (Å²) in [7, 11) is 0. The van der Waals surface area contributed by atoms with Crippen LogP contribution in [0.4, 0.5) is 5.69 Å². The van der Waals surface area contributed by atoms with Gasteiger partial charge in [-0.1, -0.05) is 18.2 Å². The second-order valence-electron chi connectivity index (χ2n) is 6.26. The van der Waals surface area contributed by atoms with Gasteiger partial charge in [0.25, 0.3) is 11.8 Å². The molecule has 2 amide bonds. The minimum atomic E-state index is -0.453. The van der Waals surface area contributed by atoms with Crippen LogP contribution in [0.15, 0.2) is 77.0 Å². The van der Waals surface area contributed by atoms with Crippen molar-refractivity contribution in [1.82, 2.24) is 10.3 Å². The second-order valence-corrected chi connectivity index (χ2v) is 7.50. The molecule has 2 N–H and O–H groups in total. The summed E-state index contributed by atoms with van der Waals surface area (Å²) in [6, 6.07) is 17.6. The van der Waals surface area contributed by atoms with E-state index in [1.165, 1.54) is 12.3 Å². The molecule has 0 atom stereocenters. The maximum absolute atomic E-state index is 12.9. The van der Waals surface area contributed by atoms with E-state index >= 15 is 0 Å². The monoisotopic (exact) mass is 403 g/mol. The first kappa shape index (κ1) is 18.6. The van der Waals surface area contributed by atoms with Crippen LogP contribution in [0.5, 0.6) is 0 Å². The highest BCUT2D eigenvalue weighted by Crippen LogP contribution is 2.25. The van der Waals surface area contributed by atoms with Crippen molar-refractivity contribution in [2.45, 2.75) is 6.92 Å². The third-order valence-corrected chi connectivity index (χ3v) is 5.05. The van der Waals surface area contributed by atoms with Crippen molar-refractivity contribution in [1.29, 1.82) is 0 Å². The molecular weight excluding hydrogens is 386 g/mol. The number of carbonyl (C=O) groups excluding carboxylic acids is 2. The SMILES string of the molecule is Cc1nc2ccc(NC(=O)/C(=C/c3ccco3)NC(=O)c3ccccc3)cc2s1. The van der Waals surface area contributed by atoms with Crippen LogP contribution in [0.25, 0.3) is 16.3 Å². The summed E-state index contributed by atoms with van der Waals surface area (Å²) >= 11 is 1.55. The molecule has 0 unspecified atom stereocenters. The summed E-state index contributed by atoms with van der Waals surface area (Å²) in [4.78, 5) is 29.9. The third kappa shape index (κ3) is 4.41. The number of thiazole rings is 1. The average Bonchev–Trinajstić information content (AvgIpc) is 3.36. The first-order valence-electron chi connectivity index (χ1n) is 8.88. The van der Waals surface area contributed by atoms with Crippen LogP contribution < -0.4 is 10.6 Å². The molecule has 0 spiro atoms. The molecule has 2 aromatic heterocycles. The van der Waals surface area contributed by atoms with Gasteiger partial charge in [0.15, 0.2) is 0 Å². The average molecular weight is 403 g/mol. The van der Waals surface area contributed by atoms with E-state index in [9.17, 15) is 9.59 Å². The Morgan fingerprint density at radius 1 is 1.07 bits per heavy atom. The van der Waals surface area contributed by atoms with Crippen LogP contribution in [0, 0.1) is 6.92 Å². The molecule has 2 heterocycles. The Morgan fingerprint density at radius 3 is 2.66 bits per heavy atom. The summed E-state index contributed by atoms with van der Waals surface area (Å²) in [6.07, 6.45) is 2.99. The van der Waals surface area contributed by atoms with E-state index in [1.807, 2.05) is 25.1 Å². The number of aromatic nitrogens is 1. The van der Waals surface area contributed by atoms with Crippen molar-refractivity contribution >= 4 is 45.1 Å². The number of nitrogens with zero attached hydrogens (tertiary/aromatic N) is 1. The lowest BCUT2D eigenvalue weighted by molar-refractivity contribution is -0.113. The Morgan fingerprint density at radius 2 is 1.90 bits per heavy atom. The largest absolute Gasteiger partial charge is 0.465 e. The molecule has 144 valence electrons. The summed E-state index contributed by atoms with van der Waals surface area (Å²) in [6.45, 7) is 1.94. The Labute approximate surface area is 170 Å². The fraction of sp³-hybridized carbons (Fsp3) is 0.0455. The number of anilines is 1. The molecule has 6 nitrogen and oxygen atoms in total. The Hall–Kier alpha value is -3.71. The summed E-state index contributed by atoms with van der Waals surface area (Å²) in [5, 5.41) is 6.46. The van der Waals surface area contributed by atoms with Crippen LogP contribution in [0.3, 0.4) is 0 Å². The van der Waals surface area contributed by atoms with Gasteiger partial charge in [-0.15, -0.1) is 11.3 Å². The number of aryl methyl sites for hydroxylation is 1. The van der Waals surface area contributed by atoms with Crippen molar-refractivity contribution < 1.29 is 14.0 Å². The number of fused-ring (bicyclic) bond motifs is 1. The van der Waals surface area contributed by atoms with Crippen molar-refractivity contribution in [3.8, 4) is 0 Å². The number of carbonyl (C=O) groups is 2. The quantitative estimate of drug-likeness (QED) is 0.477. The molecule has 0 bridgehead atoms. The van der Waals surface area contributed by atoms with Gasteiger partial charge in [0.05, 0.1) is 21.5 Å². The van der Waals surface area contributed by atoms with Crippen LogP contribution in [-0.2, 0) is 4.79 Å². The molecule has 7 heteroatoms. The molecule has 4 aromatic rings. The van der Waals surface area contributed by atoms with Crippen molar-refractivity contribution in [3.05, 3.63) is 89.0 Å². The zero-order chi connectivity index (χ0) is 20.2. The first-order chi connectivity index (χ1) is 14.1. The van der Waals surface area contributed by atoms with Crippen molar-refractivity contribution in [2.75, 3.05) is 5.32 Å². The second kappa shape index (κ2) is 8.12. The maximum atomic E-state index is 12.9. The van der Waals surface area contributed by atoms with E-state index in [-0.39, 0.29) is 11.6 Å². The van der Waals surface area contributed by atoms with Gasteiger partial charge in [0.2, 0.25) is 0 Å². The Kier molecular flexibility index (Phi) is 5.22. The van der Waals surface area contributed by atoms with Crippen LogP contribution in [-0.4, -0.2) is 16.8 Å². The third-order valence-electron chi connectivity index (χ3n) is 4.11. The number of furan rings is 1. The summed E-state index contributed by atoms with van der Waals surface area (Å²) in [5.74, 6) is -0.379. The summed E-state index contributed by atoms with van der Waals surface area (Å²) in [5.41, 5.74) is 2.03. The number of nitrogens with one attached hydrogen (secondary N) is 2. The number of rotatable bonds is 5. The molecular formula is C22H17N3O3S. The molecule has 0 aliphatic rings. The fourth-order valence-electron chi connectivity index (χ4n) is 2.77. The zero-order valence-corrected chi connectivity index (χ0v) is 16.3. The molecule has 0 aliphatic heterocycles. The molecule has 0 radical (unpaired) electrons. The topological polar surface area (TPSA) is 84.2 Å². The predicted octanol–water partition coefficient (Wildman–Crippen LogP) is 4.61. The lowest BCUT2D eigenvalue weighted by Crippen LogP contribution is -2.30. The Balaban J connectivity index is 1.59. The van der Waals surface area contributed by atoms with Gasteiger partial charge in [0.1, 0.15) is 11.5 Å². The minimum absolute atomic E-state index is 0.0781. The minimum Gasteiger partial charge on any atom is -0.465 e. The van der Waals surface area contributed by atoms with E-state index in [1.54, 1.807) is 53.8 Å². The molecule has 29 heavy (non-hydrogen) atoms. The van der Waals surface area contributed by atoms with Crippen molar-refractivity contribution in [3.63, 3.8) is 0 Å². The normalized spacial score (nSPS) is 11.4. The number of hydrogen-bond acceptors (Lipinski definition) is 5. The Bertz CT molecular complexity index is 1190. The lowest BCUT2D eigenvalue weighted by atomic mass is 10.2.